The second-order valence-electron chi connectivity index (χ2n) is 6.54. The SMILES string of the molecule is CCc1nnsc1C(=O)Nc1cc(S(=O)(=O)N2CCCCCC2)ccc1OC. The third kappa shape index (κ3) is 4.34. The van der Waals surface area contributed by atoms with Crippen molar-refractivity contribution in [3.8, 4) is 5.75 Å². The molecular weight excluding hydrogens is 400 g/mol. The molecule has 2 heterocycles. The van der Waals surface area contributed by atoms with E-state index in [0.29, 0.717) is 41.5 Å². The van der Waals surface area contributed by atoms with Crippen molar-refractivity contribution in [2.75, 3.05) is 25.5 Å². The molecule has 1 N–H and O–H groups in total. The van der Waals surface area contributed by atoms with E-state index in [2.05, 4.69) is 14.9 Å². The summed E-state index contributed by atoms with van der Waals surface area (Å²) in [5, 5.41) is 6.69. The van der Waals surface area contributed by atoms with E-state index in [4.69, 9.17) is 4.74 Å². The summed E-state index contributed by atoms with van der Waals surface area (Å²) in [7, 11) is -2.16. The van der Waals surface area contributed by atoms with Gasteiger partial charge in [-0.05, 0) is 49.0 Å². The van der Waals surface area contributed by atoms with E-state index in [1.165, 1.54) is 23.5 Å². The average molecular weight is 425 g/mol. The van der Waals surface area contributed by atoms with Crippen LogP contribution in [0.3, 0.4) is 0 Å². The second kappa shape index (κ2) is 8.97. The van der Waals surface area contributed by atoms with Crippen molar-refractivity contribution >= 4 is 33.2 Å². The lowest BCUT2D eigenvalue weighted by Crippen LogP contribution is -2.32. The molecule has 1 saturated heterocycles. The number of carbonyl (C=O) groups excluding carboxylic acids is 1. The molecule has 28 heavy (non-hydrogen) atoms. The summed E-state index contributed by atoms with van der Waals surface area (Å²) in [6.45, 7) is 2.92. The van der Waals surface area contributed by atoms with Crippen molar-refractivity contribution < 1.29 is 17.9 Å². The highest BCUT2D eigenvalue weighted by Crippen LogP contribution is 2.30. The molecule has 2 aromatic rings. The van der Waals surface area contributed by atoms with E-state index in [-0.39, 0.29) is 10.8 Å². The highest BCUT2D eigenvalue weighted by Gasteiger charge is 2.26. The van der Waals surface area contributed by atoms with Gasteiger partial charge in [0, 0.05) is 13.1 Å². The molecule has 0 unspecified atom stereocenters. The summed E-state index contributed by atoms with van der Waals surface area (Å²) in [5.74, 6) is 0.00756. The van der Waals surface area contributed by atoms with E-state index in [9.17, 15) is 13.2 Å². The maximum atomic E-state index is 13.1. The number of amides is 1. The van der Waals surface area contributed by atoms with Crippen molar-refractivity contribution in [1.29, 1.82) is 0 Å². The first-order valence-corrected chi connectivity index (χ1v) is 11.5. The Morgan fingerprint density at radius 1 is 1.25 bits per heavy atom. The van der Waals surface area contributed by atoms with Gasteiger partial charge in [-0.25, -0.2) is 8.42 Å². The Labute approximate surface area is 169 Å². The number of ether oxygens (including phenoxy) is 1. The number of nitrogens with zero attached hydrogens (tertiary/aromatic N) is 3. The fourth-order valence-electron chi connectivity index (χ4n) is 3.17. The number of carbonyl (C=O) groups is 1. The summed E-state index contributed by atoms with van der Waals surface area (Å²) >= 11 is 1.01. The molecule has 0 spiro atoms. The summed E-state index contributed by atoms with van der Waals surface area (Å²) < 4.78 is 36.8. The first kappa shape index (κ1) is 20.7. The standard InChI is InChI=1S/C18H24N4O4S2/c1-3-14-17(27-21-20-14)18(23)19-15-12-13(8-9-16(15)26-2)28(24,25)22-10-6-4-5-7-11-22/h8-9,12H,3-7,10-11H2,1-2H3,(H,19,23). The predicted molar refractivity (Wildman–Crippen MR) is 107 cm³/mol. The van der Waals surface area contributed by atoms with Crippen molar-refractivity contribution in [3.05, 3.63) is 28.8 Å². The van der Waals surface area contributed by atoms with Crippen LogP contribution in [0, 0.1) is 0 Å². The number of aromatic nitrogens is 2. The van der Waals surface area contributed by atoms with Crippen LogP contribution >= 0.6 is 11.5 Å². The van der Waals surface area contributed by atoms with Gasteiger partial charge in [-0.2, -0.15) is 4.31 Å². The Hall–Kier alpha value is -2.04. The minimum atomic E-state index is -3.63. The van der Waals surface area contributed by atoms with Crippen molar-refractivity contribution in [1.82, 2.24) is 13.9 Å². The van der Waals surface area contributed by atoms with Crippen LogP contribution in [0.25, 0.3) is 0 Å². The fourth-order valence-corrected chi connectivity index (χ4v) is 5.36. The van der Waals surface area contributed by atoms with Gasteiger partial charge in [0.25, 0.3) is 5.91 Å². The molecule has 0 radical (unpaired) electrons. The third-order valence-corrected chi connectivity index (χ3v) is 7.38. The lowest BCUT2D eigenvalue weighted by molar-refractivity contribution is 0.102. The van der Waals surface area contributed by atoms with Crippen LogP contribution in [0.15, 0.2) is 23.1 Å². The van der Waals surface area contributed by atoms with Crippen molar-refractivity contribution in [3.63, 3.8) is 0 Å². The van der Waals surface area contributed by atoms with Gasteiger partial charge in [0.15, 0.2) is 0 Å². The third-order valence-electron chi connectivity index (χ3n) is 4.72. The van der Waals surface area contributed by atoms with Crippen LogP contribution in [0.1, 0.15) is 48.0 Å². The lowest BCUT2D eigenvalue weighted by atomic mass is 10.2. The number of rotatable bonds is 6. The first-order valence-electron chi connectivity index (χ1n) is 9.28. The molecule has 1 aromatic heterocycles. The van der Waals surface area contributed by atoms with Gasteiger partial charge in [-0.1, -0.05) is 24.3 Å². The number of benzene rings is 1. The van der Waals surface area contributed by atoms with Crippen molar-refractivity contribution in [2.45, 2.75) is 43.9 Å². The topological polar surface area (TPSA) is 101 Å². The largest absolute Gasteiger partial charge is 0.495 e. The smallest absolute Gasteiger partial charge is 0.269 e. The van der Waals surface area contributed by atoms with Crippen molar-refractivity contribution in [2.24, 2.45) is 0 Å². The van der Waals surface area contributed by atoms with E-state index in [1.807, 2.05) is 6.92 Å². The number of hydrogen-bond acceptors (Lipinski definition) is 7. The molecule has 0 atom stereocenters. The number of sulfonamides is 1. The highest BCUT2D eigenvalue weighted by atomic mass is 32.2. The molecule has 1 aromatic carbocycles. The van der Waals surface area contributed by atoms with Gasteiger partial charge in [0.05, 0.1) is 23.4 Å². The van der Waals surface area contributed by atoms with Crippen LogP contribution in [-0.2, 0) is 16.4 Å². The zero-order valence-electron chi connectivity index (χ0n) is 16.0. The minimum absolute atomic E-state index is 0.142. The second-order valence-corrected chi connectivity index (χ2v) is 9.23. The zero-order chi connectivity index (χ0) is 20.1. The average Bonchev–Trinajstić information content (AvgIpc) is 3.00. The molecule has 1 aliphatic heterocycles. The Morgan fingerprint density at radius 2 is 1.96 bits per heavy atom. The lowest BCUT2D eigenvalue weighted by Gasteiger charge is -2.21. The maximum Gasteiger partial charge on any atom is 0.269 e. The summed E-state index contributed by atoms with van der Waals surface area (Å²) in [6, 6.07) is 4.53. The van der Waals surface area contributed by atoms with Crippen LogP contribution in [0.2, 0.25) is 0 Å². The zero-order valence-corrected chi connectivity index (χ0v) is 17.6. The Morgan fingerprint density at radius 3 is 2.61 bits per heavy atom. The minimum Gasteiger partial charge on any atom is -0.495 e. The van der Waals surface area contributed by atoms with Gasteiger partial charge in [-0.15, -0.1) is 5.10 Å². The van der Waals surface area contributed by atoms with Crippen LogP contribution in [0.4, 0.5) is 5.69 Å². The Kier molecular flexibility index (Phi) is 6.63. The number of aryl methyl sites for hydroxylation is 1. The molecule has 1 fully saturated rings. The summed E-state index contributed by atoms with van der Waals surface area (Å²) in [6.07, 6.45) is 4.38. The molecular formula is C18H24N4O4S2. The predicted octanol–water partition coefficient (Wildman–Crippen LogP) is 2.93. The van der Waals surface area contributed by atoms with Crippen LogP contribution < -0.4 is 10.1 Å². The quantitative estimate of drug-likeness (QED) is 0.765. The normalized spacial score (nSPS) is 15.8. The van der Waals surface area contributed by atoms with E-state index in [1.54, 1.807) is 6.07 Å². The fraction of sp³-hybridized carbons (Fsp3) is 0.500. The summed E-state index contributed by atoms with van der Waals surface area (Å²) in [4.78, 5) is 13.2. The van der Waals surface area contributed by atoms with E-state index >= 15 is 0 Å². The molecule has 0 saturated carbocycles. The monoisotopic (exact) mass is 424 g/mol. The molecule has 1 amide bonds. The van der Waals surface area contributed by atoms with Gasteiger partial charge in [-0.3, -0.25) is 4.79 Å². The van der Waals surface area contributed by atoms with E-state index in [0.717, 1.165) is 37.2 Å². The summed E-state index contributed by atoms with van der Waals surface area (Å²) in [5.41, 5.74) is 0.911. The molecule has 0 aliphatic carbocycles. The van der Waals surface area contributed by atoms with Gasteiger partial charge >= 0.3 is 0 Å². The molecule has 152 valence electrons. The van der Waals surface area contributed by atoms with E-state index < -0.39 is 10.0 Å². The molecule has 0 bridgehead atoms. The number of anilines is 1. The number of methoxy groups -OCH3 is 1. The highest BCUT2D eigenvalue weighted by molar-refractivity contribution is 7.89. The van der Waals surface area contributed by atoms with Crippen LogP contribution in [-0.4, -0.2) is 48.4 Å². The van der Waals surface area contributed by atoms with Crippen LogP contribution in [0.5, 0.6) is 5.75 Å². The molecule has 1 aliphatic rings. The molecule has 10 heteroatoms. The molecule has 8 nitrogen and oxygen atoms in total. The van der Waals surface area contributed by atoms with Gasteiger partial charge < -0.3 is 10.1 Å². The van der Waals surface area contributed by atoms with Gasteiger partial charge in [0.1, 0.15) is 10.6 Å². The maximum absolute atomic E-state index is 13.1. The Bertz CT molecular complexity index is 935. The molecule has 3 rings (SSSR count). The number of nitrogens with one attached hydrogen (secondary N) is 1. The first-order chi connectivity index (χ1) is 13.5. The number of hydrogen-bond donors (Lipinski definition) is 1. The Balaban J connectivity index is 1.90. The van der Waals surface area contributed by atoms with Gasteiger partial charge in [0.2, 0.25) is 10.0 Å².